The summed E-state index contributed by atoms with van der Waals surface area (Å²) in [6.45, 7) is 1.50. The van der Waals surface area contributed by atoms with Crippen molar-refractivity contribution in [3.05, 3.63) is 75.7 Å². The van der Waals surface area contributed by atoms with Crippen molar-refractivity contribution < 1.29 is 26.7 Å². The third kappa shape index (κ3) is 5.60. The molecule has 0 amide bonds. The Kier molecular flexibility index (Phi) is 6.11. The van der Waals surface area contributed by atoms with Gasteiger partial charge in [0.05, 0.1) is 11.9 Å². The minimum absolute atomic E-state index is 0.00697. The van der Waals surface area contributed by atoms with Crippen LogP contribution in [0.5, 0.6) is 17.2 Å². The van der Waals surface area contributed by atoms with E-state index in [0.717, 1.165) is 18.4 Å². The van der Waals surface area contributed by atoms with Crippen LogP contribution in [0.4, 0.5) is 8.78 Å². The van der Waals surface area contributed by atoms with Crippen molar-refractivity contribution in [2.75, 3.05) is 6.26 Å². The summed E-state index contributed by atoms with van der Waals surface area (Å²) in [5.74, 6) is -2.10. The SMILES string of the molecule is Cc1cc(OCc2ncc(Oc3ccc(F)cc3F)c(CS(C)(=O)=O)n2)c[nH]c1=O. The van der Waals surface area contributed by atoms with Crippen molar-refractivity contribution in [3.8, 4) is 17.2 Å². The Morgan fingerprint density at radius 1 is 1.17 bits per heavy atom. The normalized spacial score (nSPS) is 11.3. The summed E-state index contributed by atoms with van der Waals surface area (Å²) in [4.78, 5) is 22.1. The Morgan fingerprint density at radius 3 is 2.60 bits per heavy atom. The largest absolute Gasteiger partial charge is 0.484 e. The molecular formula is C19H17F2N3O5S. The van der Waals surface area contributed by atoms with Crippen LogP contribution in [0.2, 0.25) is 0 Å². The molecule has 0 aliphatic rings. The lowest BCUT2D eigenvalue weighted by Gasteiger charge is -2.12. The number of aromatic amines is 1. The molecule has 1 N–H and O–H groups in total. The van der Waals surface area contributed by atoms with E-state index in [1.165, 1.54) is 18.5 Å². The van der Waals surface area contributed by atoms with Crippen LogP contribution < -0.4 is 15.0 Å². The molecule has 1 aromatic carbocycles. The van der Waals surface area contributed by atoms with Gasteiger partial charge in [0.25, 0.3) is 5.56 Å². The molecule has 3 rings (SSSR count). The molecule has 2 heterocycles. The number of hydrogen-bond acceptors (Lipinski definition) is 7. The van der Waals surface area contributed by atoms with Gasteiger partial charge in [0.2, 0.25) is 0 Å². The lowest BCUT2D eigenvalue weighted by molar-refractivity contribution is 0.293. The highest BCUT2D eigenvalue weighted by Crippen LogP contribution is 2.27. The van der Waals surface area contributed by atoms with Crippen molar-refractivity contribution in [3.63, 3.8) is 0 Å². The van der Waals surface area contributed by atoms with Crippen molar-refractivity contribution in [2.45, 2.75) is 19.3 Å². The third-order valence-corrected chi connectivity index (χ3v) is 4.62. The second-order valence-corrected chi connectivity index (χ2v) is 8.62. The quantitative estimate of drug-likeness (QED) is 0.605. The van der Waals surface area contributed by atoms with Crippen LogP contribution in [0, 0.1) is 18.6 Å². The molecule has 158 valence electrons. The summed E-state index contributed by atoms with van der Waals surface area (Å²) in [5.41, 5.74) is 0.201. The van der Waals surface area contributed by atoms with Gasteiger partial charge in [0, 0.05) is 24.1 Å². The van der Waals surface area contributed by atoms with Gasteiger partial charge in [-0.1, -0.05) is 0 Å². The van der Waals surface area contributed by atoms with Gasteiger partial charge in [-0.15, -0.1) is 0 Å². The maximum absolute atomic E-state index is 13.9. The number of benzene rings is 1. The van der Waals surface area contributed by atoms with Crippen LogP contribution in [0.25, 0.3) is 0 Å². The molecule has 3 aromatic rings. The highest BCUT2D eigenvalue weighted by Gasteiger charge is 2.17. The van der Waals surface area contributed by atoms with E-state index in [1.807, 2.05) is 0 Å². The summed E-state index contributed by atoms with van der Waals surface area (Å²) < 4.78 is 61.4. The number of sulfone groups is 1. The zero-order valence-electron chi connectivity index (χ0n) is 16.0. The van der Waals surface area contributed by atoms with Crippen LogP contribution in [-0.4, -0.2) is 29.6 Å². The minimum atomic E-state index is -3.51. The first-order valence-electron chi connectivity index (χ1n) is 8.58. The first kappa shape index (κ1) is 21.4. The van der Waals surface area contributed by atoms with Crippen LogP contribution >= 0.6 is 0 Å². The smallest absolute Gasteiger partial charge is 0.251 e. The molecule has 0 atom stereocenters. The fraction of sp³-hybridized carbons (Fsp3) is 0.211. The fourth-order valence-electron chi connectivity index (χ4n) is 2.43. The number of ether oxygens (including phenoxy) is 2. The standard InChI is InChI=1S/C19H17F2N3O5S/c1-11-5-13(7-23-19(11)25)28-9-18-22-8-17(15(24-18)10-30(2,26)27)29-16-4-3-12(20)6-14(16)21/h3-8H,9-10H2,1-2H3,(H,23,25). The van der Waals surface area contributed by atoms with Crippen LogP contribution in [-0.2, 0) is 22.2 Å². The molecule has 0 saturated heterocycles. The van der Waals surface area contributed by atoms with Gasteiger partial charge in [-0.25, -0.2) is 27.2 Å². The molecule has 0 aliphatic carbocycles. The van der Waals surface area contributed by atoms with E-state index < -0.39 is 27.2 Å². The van der Waals surface area contributed by atoms with E-state index in [2.05, 4.69) is 15.0 Å². The predicted molar refractivity (Wildman–Crippen MR) is 103 cm³/mol. The van der Waals surface area contributed by atoms with Crippen molar-refractivity contribution >= 4 is 9.84 Å². The minimum Gasteiger partial charge on any atom is -0.484 e. The van der Waals surface area contributed by atoms with Gasteiger partial charge in [-0.05, 0) is 25.1 Å². The van der Waals surface area contributed by atoms with Gasteiger partial charge >= 0.3 is 0 Å². The van der Waals surface area contributed by atoms with Crippen LogP contribution in [0.3, 0.4) is 0 Å². The molecule has 0 aliphatic heterocycles. The summed E-state index contributed by atoms with van der Waals surface area (Å²) in [6.07, 6.45) is 3.57. The molecule has 8 nitrogen and oxygen atoms in total. The Balaban J connectivity index is 1.86. The first-order valence-corrected chi connectivity index (χ1v) is 10.6. The van der Waals surface area contributed by atoms with Crippen LogP contribution in [0.1, 0.15) is 17.1 Å². The van der Waals surface area contributed by atoms with Gasteiger partial charge in [-0.3, -0.25) is 4.79 Å². The predicted octanol–water partition coefficient (Wildman–Crippen LogP) is 2.67. The first-order chi connectivity index (χ1) is 14.1. The summed E-state index contributed by atoms with van der Waals surface area (Å²) in [7, 11) is -3.51. The number of rotatable bonds is 7. The van der Waals surface area contributed by atoms with E-state index in [9.17, 15) is 22.0 Å². The van der Waals surface area contributed by atoms with Crippen molar-refractivity contribution in [1.82, 2.24) is 15.0 Å². The van der Waals surface area contributed by atoms with E-state index in [4.69, 9.17) is 9.47 Å². The van der Waals surface area contributed by atoms with E-state index in [-0.39, 0.29) is 35.2 Å². The van der Waals surface area contributed by atoms with Gasteiger partial charge in [-0.2, -0.15) is 0 Å². The van der Waals surface area contributed by atoms with Gasteiger partial charge < -0.3 is 14.5 Å². The Labute approximate surface area is 170 Å². The molecule has 0 spiro atoms. The van der Waals surface area contributed by atoms with E-state index in [0.29, 0.717) is 17.4 Å². The molecule has 0 radical (unpaired) electrons. The second-order valence-electron chi connectivity index (χ2n) is 6.48. The highest BCUT2D eigenvalue weighted by atomic mass is 32.2. The number of pyridine rings is 1. The average Bonchev–Trinajstić information content (AvgIpc) is 2.65. The summed E-state index contributed by atoms with van der Waals surface area (Å²) >= 11 is 0. The number of nitrogens with one attached hydrogen (secondary N) is 1. The fourth-order valence-corrected chi connectivity index (χ4v) is 3.14. The highest BCUT2D eigenvalue weighted by molar-refractivity contribution is 7.89. The number of aryl methyl sites for hydroxylation is 1. The molecule has 0 bridgehead atoms. The molecule has 11 heteroatoms. The maximum atomic E-state index is 13.9. The number of hydrogen-bond donors (Lipinski definition) is 1. The molecule has 30 heavy (non-hydrogen) atoms. The Bertz CT molecular complexity index is 1250. The maximum Gasteiger partial charge on any atom is 0.251 e. The Hall–Kier alpha value is -3.34. The van der Waals surface area contributed by atoms with Crippen molar-refractivity contribution in [2.24, 2.45) is 0 Å². The van der Waals surface area contributed by atoms with Gasteiger partial charge in [0.15, 0.2) is 33.0 Å². The number of nitrogens with zero attached hydrogens (tertiary/aromatic N) is 2. The van der Waals surface area contributed by atoms with Crippen molar-refractivity contribution in [1.29, 1.82) is 0 Å². The molecule has 0 saturated carbocycles. The average molecular weight is 437 g/mol. The lowest BCUT2D eigenvalue weighted by atomic mass is 10.3. The molecular weight excluding hydrogens is 420 g/mol. The zero-order chi connectivity index (χ0) is 21.9. The second kappa shape index (κ2) is 8.57. The van der Waals surface area contributed by atoms with E-state index in [1.54, 1.807) is 6.92 Å². The molecule has 2 aromatic heterocycles. The number of halogens is 2. The number of H-pyrrole nitrogens is 1. The monoisotopic (exact) mass is 437 g/mol. The zero-order valence-corrected chi connectivity index (χ0v) is 16.8. The van der Waals surface area contributed by atoms with Crippen LogP contribution in [0.15, 0.2) is 41.5 Å². The summed E-state index contributed by atoms with van der Waals surface area (Å²) in [5, 5.41) is 0. The van der Waals surface area contributed by atoms with E-state index >= 15 is 0 Å². The topological polar surface area (TPSA) is 111 Å². The van der Waals surface area contributed by atoms with Gasteiger partial charge in [0.1, 0.15) is 23.9 Å². The number of aromatic nitrogens is 3. The third-order valence-electron chi connectivity index (χ3n) is 3.82. The lowest BCUT2D eigenvalue weighted by Crippen LogP contribution is -2.11. The molecule has 0 fully saturated rings. The summed E-state index contributed by atoms with van der Waals surface area (Å²) in [6, 6.07) is 4.25. The molecule has 0 unspecified atom stereocenters. The Morgan fingerprint density at radius 2 is 1.93 bits per heavy atom.